The van der Waals surface area contributed by atoms with Crippen LogP contribution >= 0.6 is 11.3 Å². The molecule has 1 aliphatic rings. The van der Waals surface area contributed by atoms with Crippen molar-refractivity contribution in [1.29, 1.82) is 0 Å². The van der Waals surface area contributed by atoms with Gasteiger partial charge >= 0.3 is 0 Å². The summed E-state index contributed by atoms with van der Waals surface area (Å²) in [4.78, 5) is 6.01. The highest BCUT2D eigenvalue weighted by atomic mass is 32.1. The smallest absolute Gasteiger partial charge is 0.0900 e. The minimum Gasteiger partial charge on any atom is -0.246 e. The third kappa shape index (κ3) is 3.11. The fourth-order valence-corrected chi connectivity index (χ4v) is 2.51. The number of aryl methyl sites for hydroxylation is 3. The summed E-state index contributed by atoms with van der Waals surface area (Å²) >= 11 is 1.88. The number of nitrogens with zero attached hydrogens (tertiary/aromatic N) is 1. The van der Waals surface area contributed by atoms with E-state index in [1.807, 2.05) is 11.3 Å². The maximum absolute atomic E-state index is 4.47. The molecule has 1 aliphatic carbocycles. The summed E-state index contributed by atoms with van der Waals surface area (Å²) in [5.41, 5.74) is 1.38. The van der Waals surface area contributed by atoms with Crippen LogP contribution in [0.4, 0.5) is 0 Å². The summed E-state index contributed by atoms with van der Waals surface area (Å²) in [5, 5.41) is 1.24. The van der Waals surface area contributed by atoms with Crippen molar-refractivity contribution < 1.29 is 0 Å². The molecule has 2 rings (SSSR count). The third-order valence-corrected chi connectivity index (χ3v) is 3.03. The zero-order chi connectivity index (χ0) is 9.68. The molecular weight excluding hydrogens is 178 g/mol. The maximum Gasteiger partial charge on any atom is 0.0900 e. The molecule has 0 saturated heterocycles. The fraction of sp³-hybridized carbons (Fsp3) is 0.727. The van der Waals surface area contributed by atoms with Crippen molar-refractivity contribution in [2.24, 2.45) is 0 Å². The van der Waals surface area contributed by atoms with Gasteiger partial charge in [0.25, 0.3) is 0 Å². The van der Waals surface area contributed by atoms with Gasteiger partial charge in [0.05, 0.1) is 10.7 Å². The van der Waals surface area contributed by atoms with Gasteiger partial charge in [-0.15, -0.1) is 11.3 Å². The predicted octanol–water partition coefficient (Wildman–Crippen LogP) is 3.75. The van der Waals surface area contributed by atoms with E-state index in [4.69, 9.17) is 0 Å². The number of aromatic nitrogens is 1. The van der Waals surface area contributed by atoms with Crippen LogP contribution in [0.1, 0.15) is 48.7 Å². The first-order valence-electron chi connectivity index (χ1n) is 5.23. The highest BCUT2D eigenvalue weighted by Gasteiger charge is 2.12. The second-order valence-corrected chi connectivity index (χ2v) is 4.80. The van der Waals surface area contributed by atoms with Crippen LogP contribution in [-0.4, -0.2) is 4.98 Å². The highest BCUT2D eigenvalue weighted by molar-refractivity contribution is 7.11. The van der Waals surface area contributed by atoms with E-state index in [0.29, 0.717) is 0 Å². The van der Waals surface area contributed by atoms with Gasteiger partial charge in [-0.2, -0.15) is 0 Å². The Bertz CT molecular complexity index is 229. The van der Waals surface area contributed by atoms with Gasteiger partial charge in [-0.3, -0.25) is 0 Å². The second kappa shape index (κ2) is 5.38. The van der Waals surface area contributed by atoms with Gasteiger partial charge in [-0.25, -0.2) is 4.98 Å². The van der Waals surface area contributed by atoms with Gasteiger partial charge in [-0.1, -0.05) is 20.3 Å². The average Bonchev–Trinajstić information content (AvgIpc) is 2.45. The molecule has 1 nitrogen and oxygen atoms in total. The van der Waals surface area contributed by atoms with Crippen LogP contribution in [-0.2, 0) is 12.8 Å². The van der Waals surface area contributed by atoms with E-state index in [2.05, 4.69) is 25.8 Å². The van der Waals surface area contributed by atoms with Crippen molar-refractivity contribution in [2.75, 3.05) is 0 Å². The number of rotatable bonds is 0. The molecule has 1 heterocycles. The summed E-state index contributed by atoms with van der Waals surface area (Å²) in [5.74, 6) is 0. The molecule has 0 unspecified atom stereocenters. The minimum absolute atomic E-state index is 1.22. The summed E-state index contributed by atoms with van der Waals surface area (Å²) in [6.45, 7) is 6.35. The molecule has 0 N–H and O–H groups in total. The Kier molecular flexibility index (Phi) is 4.43. The lowest BCUT2D eigenvalue weighted by atomic mass is 10.0. The van der Waals surface area contributed by atoms with Crippen molar-refractivity contribution in [3.8, 4) is 0 Å². The fourth-order valence-electron chi connectivity index (χ4n) is 1.48. The van der Waals surface area contributed by atoms with Gasteiger partial charge in [-0.05, 0) is 32.6 Å². The molecule has 0 aliphatic heterocycles. The molecule has 0 fully saturated rings. The standard InChI is InChI=1S/C8H11NS.C3H8/c1-6-9-7-4-2-3-5-8(7)10-6;1-3-2/h2-5H2,1H3;3H2,1-2H3. The van der Waals surface area contributed by atoms with E-state index in [9.17, 15) is 0 Å². The summed E-state index contributed by atoms with van der Waals surface area (Å²) in [7, 11) is 0. The Hall–Kier alpha value is -0.370. The van der Waals surface area contributed by atoms with Gasteiger partial charge in [0, 0.05) is 4.88 Å². The monoisotopic (exact) mass is 197 g/mol. The lowest BCUT2D eigenvalue weighted by Gasteiger charge is -2.06. The summed E-state index contributed by atoms with van der Waals surface area (Å²) < 4.78 is 0. The van der Waals surface area contributed by atoms with Crippen LogP contribution in [0.5, 0.6) is 0 Å². The van der Waals surface area contributed by atoms with Crippen LogP contribution in [0.3, 0.4) is 0 Å². The van der Waals surface area contributed by atoms with Crippen molar-refractivity contribution in [2.45, 2.75) is 52.9 Å². The molecule has 0 atom stereocenters. The first kappa shape index (κ1) is 10.7. The predicted molar refractivity (Wildman–Crippen MR) is 59.5 cm³/mol. The summed E-state index contributed by atoms with van der Waals surface area (Å²) in [6, 6.07) is 0. The molecule has 0 aromatic carbocycles. The Morgan fingerprint density at radius 2 is 1.85 bits per heavy atom. The SMILES string of the molecule is CCC.Cc1nc2c(s1)CCCC2. The zero-order valence-corrected chi connectivity index (χ0v) is 9.71. The molecule has 74 valence electrons. The Balaban J connectivity index is 0.000000251. The largest absolute Gasteiger partial charge is 0.246 e. The van der Waals surface area contributed by atoms with E-state index < -0.39 is 0 Å². The molecule has 0 bridgehead atoms. The van der Waals surface area contributed by atoms with E-state index in [1.165, 1.54) is 42.8 Å². The van der Waals surface area contributed by atoms with Gasteiger partial charge < -0.3 is 0 Å². The molecule has 13 heavy (non-hydrogen) atoms. The zero-order valence-electron chi connectivity index (χ0n) is 8.89. The Morgan fingerprint density at radius 1 is 1.23 bits per heavy atom. The van der Waals surface area contributed by atoms with Crippen LogP contribution in [0.25, 0.3) is 0 Å². The molecule has 1 aromatic rings. The van der Waals surface area contributed by atoms with E-state index in [-0.39, 0.29) is 0 Å². The van der Waals surface area contributed by atoms with Gasteiger partial charge in [0.2, 0.25) is 0 Å². The quantitative estimate of drug-likeness (QED) is 0.617. The lowest BCUT2D eigenvalue weighted by Crippen LogP contribution is -1.98. The first-order valence-corrected chi connectivity index (χ1v) is 6.04. The van der Waals surface area contributed by atoms with Crippen molar-refractivity contribution in [3.05, 3.63) is 15.6 Å². The number of thiazole rings is 1. The molecule has 0 radical (unpaired) electrons. The molecular formula is C11H19NS. The van der Waals surface area contributed by atoms with Crippen LogP contribution in [0.2, 0.25) is 0 Å². The van der Waals surface area contributed by atoms with E-state index in [1.54, 1.807) is 4.88 Å². The molecule has 1 aromatic heterocycles. The number of fused-ring (bicyclic) bond motifs is 1. The number of hydrogen-bond donors (Lipinski definition) is 0. The Labute approximate surface area is 85.2 Å². The highest BCUT2D eigenvalue weighted by Crippen LogP contribution is 2.25. The van der Waals surface area contributed by atoms with E-state index in [0.717, 1.165) is 0 Å². The molecule has 0 spiro atoms. The molecule has 0 saturated carbocycles. The minimum atomic E-state index is 1.22. The van der Waals surface area contributed by atoms with Crippen molar-refractivity contribution in [1.82, 2.24) is 4.98 Å². The van der Waals surface area contributed by atoms with Gasteiger partial charge in [0.1, 0.15) is 0 Å². The Morgan fingerprint density at radius 3 is 2.46 bits per heavy atom. The van der Waals surface area contributed by atoms with Crippen molar-refractivity contribution >= 4 is 11.3 Å². The van der Waals surface area contributed by atoms with E-state index >= 15 is 0 Å². The lowest BCUT2D eigenvalue weighted by molar-refractivity contribution is 0.681. The molecule has 0 amide bonds. The second-order valence-electron chi connectivity index (χ2n) is 3.52. The van der Waals surface area contributed by atoms with Crippen LogP contribution in [0.15, 0.2) is 0 Å². The van der Waals surface area contributed by atoms with Crippen LogP contribution in [0, 0.1) is 6.92 Å². The first-order chi connectivity index (χ1) is 6.27. The molecule has 2 heteroatoms. The van der Waals surface area contributed by atoms with Crippen LogP contribution < -0.4 is 0 Å². The topological polar surface area (TPSA) is 12.9 Å². The number of hydrogen-bond acceptors (Lipinski definition) is 2. The van der Waals surface area contributed by atoms with Crippen molar-refractivity contribution in [3.63, 3.8) is 0 Å². The third-order valence-electron chi connectivity index (χ3n) is 1.95. The normalized spacial score (nSPS) is 14.4. The maximum atomic E-state index is 4.47. The average molecular weight is 197 g/mol. The summed E-state index contributed by atoms with van der Waals surface area (Å²) in [6.07, 6.45) is 6.46. The van der Waals surface area contributed by atoms with Gasteiger partial charge in [0.15, 0.2) is 0 Å².